The lowest BCUT2D eigenvalue weighted by Gasteiger charge is -2.16. The Morgan fingerprint density at radius 1 is 0.588 bits per heavy atom. The molecular weight excluding hydrogens is 416 g/mol. The molecule has 0 amide bonds. The summed E-state index contributed by atoms with van der Waals surface area (Å²) in [6, 6.07) is 30.4. The van der Waals surface area contributed by atoms with Crippen molar-refractivity contribution in [3.05, 3.63) is 108 Å². The Balaban J connectivity index is 1.60. The maximum atomic E-state index is 4.53. The number of aromatic nitrogens is 4. The summed E-state index contributed by atoms with van der Waals surface area (Å²) in [5.74, 6) is 1.43. The van der Waals surface area contributed by atoms with Crippen LogP contribution < -0.4 is 0 Å². The van der Waals surface area contributed by atoms with Gasteiger partial charge in [0.1, 0.15) is 12.2 Å². The van der Waals surface area contributed by atoms with Crippen LogP contribution in [0.25, 0.3) is 50.0 Å². The highest BCUT2D eigenvalue weighted by Gasteiger charge is 2.17. The van der Waals surface area contributed by atoms with Crippen LogP contribution in [0.1, 0.15) is 17.0 Å². The van der Waals surface area contributed by atoms with Crippen LogP contribution >= 0.6 is 0 Å². The Bertz CT molecular complexity index is 1660. The molecule has 6 rings (SSSR count). The van der Waals surface area contributed by atoms with Gasteiger partial charge in [-0.15, -0.1) is 0 Å². The van der Waals surface area contributed by atoms with Crippen molar-refractivity contribution in [2.24, 2.45) is 0 Å². The molecule has 2 heterocycles. The van der Waals surface area contributed by atoms with Gasteiger partial charge in [-0.3, -0.25) is 0 Å². The van der Waals surface area contributed by atoms with Gasteiger partial charge in [0.2, 0.25) is 0 Å². The minimum Gasteiger partial charge on any atom is -0.309 e. The number of para-hydroxylation sites is 1. The van der Waals surface area contributed by atoms with E-state index in [1.165, 1.54) is 49.7 Å². The quantitative estimate of drug-likeness (QED) is 0.292. The van der Waals surface area contributed by atoms with Gasteiger partial charge >= 0.3 is 0 Å². The molecule has 0 spiro atoms. The van der Waals surface area contributed by atoms with Crippen LogP contribution in [0.2, 0.25) is 0 Å². The van der Waals surface area contributed by atoms with Gasteiger partial charge in [0.05, 0.1) is 16.7 Å². The predicted molar refractivity (Wildman–Crippen MR) is 139 cm³/mol. The van der Waals surface area contributed by atoms with E-state index in [0.29, 0.717) is 5.82 Å². The predicted octanol–water partition coefficient (Wildman–Crippen LogP) is 7.23. The lowest BCUT2D eigenvalue weighted by Crippen LogP contribution is -2.02. The third kappa shape index (κ3) is 3.27. The van der Waals surface area contributed by atoms with E-state index in [1.54, 1.807) is 6.33 Å². The molecule has 34 heavy (non-hydrogen) atoms. The fourth-order valence-electron chi connectivity index (χ4n) is 4.98. The van der Waals surface area contributed by atoms with Crippen molar-refractivity contribution in [3.8, 4) is 28.2 Å². The zero-order valence-corrected chi connectivity index (χ0v) is 19.4. The van der Waals surface area contributed by atoms with Crippen LogP contribution in [-0.2, 0) is 0 Å². The normalized spacial score (nSPS) is 11.4. The number of benzene rings is 4. The molecule has 0 aliphatic rings. The largest absolute Gasteiger partial charge is 0.309 e. The highest BCUT2D eigenvalue weighted by Crippen LogP contribution is 2.37. The smallest absolute Gasteiger partial charge is 0.162 e. The summed E-state index contributed by atoms with van der Waals surface area (Å²) in [5, 5.41) is 2.51. The number of aryl methyl sites for hydroxylation is 3. The lowest BCUT2D eigenvalue weighted by molar-refractivity contribution is 0.981. The van der Waals surface area contributed by atoms with Crippen LogP contribution in [0.4, 0.5) is 0 Å². The number of rotatable bonds is 3. The summed E-state index contributed by atoms with van der Waals surface area (Å²) in [6.45, 7) is 6.22. The summed E-state index contributed by atoms with van der Waals surface area (Å²) in [7, 11) is 0. The molecule has 0 bridgehead atoms. The molecule has 0 unspecified atom stereocenters. The summed E-state index contributed by atoms with van der Waals surface area (Å²) < 4.78 is 2.40. The van der Waals surface area contributed by atoms with Gasteiger partial charge in [-0.1, -0.05) is 54.6 Å². The second-order valence-corrected chi connectivity index (χ2v) is 8.77. The minimum atomic E-state index is 0.708. The summed E-state index contributed by atoms with van der Waals surface area (Å²) >= 11 is 0. The molecule has 4 aromatic carbocycles. The van der Waals surface area contributed by atoms with Gasteiger partial charge in [0.25, 0.3) is 0 Å². The van der Waals surface area contributed by atoms with Crippen molar-refractivity contribution in [1.82, 2.24) is 19.5 Å². The fraction of sp³-hybridized carbons (Fsp3) is 0.100. The van der Waals surface area contributed by atoms with Crippen LogP contribution in [0.5, 0.6) is 0 Å². The first-order chi connectivity index (χ1) is 16.6. The van der Waals surface area contributed by atoms with E-state index in [1.807, 2.05) is 6.92 Å². The molecule has 0 aliphatic carbocycles. The molecule has 0 saturated heterocycles. The van der Waals surface area contributed by atoms with Crippen LogP contribution in [0, 0.1) is 20.8 Å². The number of fused-ring (bicyclic) bond motifs is 3. The van der Waals surface area contributed by atoms with Crippen LogP contribution in [0.15, 0.2) is 91.3 Å². The first-order valence-electron chi connectivity index (χ1n) is 11.5. The summed E-state index contributed by atoms with van der Waals surface area (Å²) in [6.07, 6.45) is 1.58. The molecule has 2 aromatic heterocycles. The molecule has 4 heteroatoms. The second kappa shape index (κ2) is 7.92. The average Bonchev–Trinajstić information content (AvgIpc) is 3.18. The van der Waals surface area contributed by atoms with Crippen LogP contribution in [0.3, 0.4) is 0 Å². The standard InChI is InChI=1S/C30H24N4/c1-19-15-24(30-32-18-31-21(3)33-30)16-20(2)29(19)34-27-12-8-7-11-25(27)26-17-23(13-14-28(26)34)22-9-5-4-6-10-22/h4-18H,1-3H3. The van der Waals surface area contributed by atoms with Crippen molar-refractivity contribution in [2.75, 3.05) is 0 Å². The number of hydrogen-bond acceptors (Lipinski definition) is 3. The number of nitrogens with zero attached hydrogens (tertiary/aromatic N) is 4. The molecule has 0 fully saturated rings. The molecule has 0 atom stereocenters. The molecule has 0 radical (unpaired) electrons. The maximum absolute atomic E-state index is 4.53. The monoisotopic (exact) mass is 440 g/mol. The van der Waals surface area contributed by atoms with E-state index < -0.39 is 0 Å². The Kier molecular flexibility index (Phi) is 4.73. The third-order valence-corrected chi connectivity index (χ3v) is 6.44. The highest BCUT2D eigenvalue weighted by atomic mass is 15.0. The summed E-state index contributed by atoms with van der Waals surface area (Å²) in [4.78, 5) is 13.1. The second-order valence-electron chi connectivity index (χ2n) is 8.77. The fourth-order valence-corrected chi connectivity index (χ4v) is 4.98. The molecule has 4 nitrogen and oxygen atoms in total. The topological polar surface area (TPSA) is 43.6 Å². The first kappa shape index (κ1) is 20.3. The van der Waals surface area contributed by atoms with Crippen molar-refractivity contribution in [2.45, 2.75) is 20.8 Å². The Morgan fingerprint density at radius 3 is 2.06 bits per heavy atom. The number of hydrogen-bond donors (Lipinski definition) is 0. The molecule has 164 valence electrons. The van der Waals surface area contributed by atoms with E-state index in [-0.39, 0.29) is 0 Å². The SMILES string of the molecule is Cc1ncnc(-c2cc(C)c(-n3c4ccccc4c4cc(-c5ccccc5)ccc43)c(C)c2)n1. The lowest BCUT2D eigenvalue weighted by atomic mass is 10.0. The molecule has 0 saturated carbocycles. The third-order valence-electron chi connectivity index (χ3n) is 6.44. The highest BCUT2D eigenvalue weighted by molar-refractivity contribution is 6.10. The molecule has 0 N–H and O–H groups in total. The van der Waals surface area contributed by atoms with Gasteiger partial charge < -0.3 is 4.57 Å². The molecular formula is C30H24N4. The van der Waals surface area contributed by atoms with Gasteiger partial charge in [-0.25, -0.2) is 15.0 Å². The minimum absolute atomic E-state index is 0.708. The van der Waals surface area contributed by atoms with E-state index in [0.717, 1.165) is 11.4 Å². The summed E-state index contributed by atoms with van der Waals surface area (Å²) in [5.41, 5.74) is 9.44. The van der Waals surface area contributed by atoms with E-state index in [9.17, 15) is 0 Å². The Hall–Kier alpha value is -4.31. The van der Waals surface area contributed by atoms with Crippen LogP contribution in [-0.4, -0.2) is 19.5 Å². The Morgan fingerprint density at radius 2 is 1.29 bits per heavy atom. The van der Waals surface area contributed by atoms with Gasteiger partial charge in [0, 0.05) is 16.3 Å². The van der Waals surface area contributed by atoms with Gasteiger partial charge in [-0.2, -0.15) is 0 Å². The van der Waals surface area contributed by atoms with Crippen molar-refractivity contribution in [1.29, 1.82) is 0 Å². The average molecular weight is 441 g/mol. The van der Waals surface area contributed by atoms with E-state index in [2.05, 4.69) is 118 Å². The van der Waals surface area contributed by atoms with Gasteiger partial charge in [-0.05, 0) is 73.4 Å². The van der Waals surface area contributed by atoms with Crippen molar-refractivity contribution >= 4 is 21.8 Å². The van der Waals surface area contributed by atoms with E-state index >= 15 is 0 Å². The van der Waals surface area contributed by atoms with Gasteiger partial charge in [0.15, 0.2) is 5.82 Å². The zero-order valence-electron chi connectivity index (χ0n) is 19.4. The first-order valence-corrected chi connectivity index (χ1v) is 11.5. The molecule has 0 aliphatic heterocycles. The van der Waals surface area contributed by atoms with Crippen molar-refractivity contribution < 1.29 is 0 Å². The zero-order chi connectivity index (χ0) is 23.2. The molecule has 6 aromatic rings. The Labute approximate surface area is 198 Å². The van der Waals surface area contributed by atoms with Crippen molar-refractivity contribution in [3.63, 3.8) is 0 Å². The maximum Gasteiger partial charge on any atom is 0.162 e. The van der Waals surface area contributed by atoms with E-state index in [4.69, 9.17) is 0 Å².